The Morgan fingerprint density at radius 2 is 2.17 bits per heavy atom. The maximum atomic E-state index is 13.3. The Kier molecular flexibility index (Phi) is 3.71. The second kappa shape index (κ2) is 5.44. The molecule has 10 heteroatoms. The molecule has 7 nitrogen and oxygen atoms in total. The highest BCUT2D eigenvalue weighted by Gasteiger charge is 2.51. The molecular formula is C13H14F3N5O2. The molecule has 0 radical (unpaired) electrons. The molecule has 0 N–H and O–H groups in total. The van der Waals surface area contributed by atoms with Crippen molar-refractivity contribution in [1.82, 2.24) is 24.5 Å². The van der Waals surface area contributed by atoms with Crippen LogP contribution < -0.4 is 0 Å². The lowest BCUT2D eigenvalue weighted by molar-refractivity contribution is -0.221. The Bertz CT molecular complexity index is 745. The highest BCUT2D eigenvalue weighted by molar-refractivity contribution is 5.91. The molecule has 0 saturated carbocycles. The summed E-state index contributed by atoms with van der Waals surface area (Å²) in [6.45, 7) is 2.88. The van der Waals surface area contributed by atoms with E-state index in [9.17, 15) is 18.0 Å². The van der Waals surface area contributed by atoms with Gasteiger partial charge in [0.1, 0.15) is 0 Å². The number of nitrogens with zero attached hydrogens (tertiary/aromatic N) is 5. The maximum Gasteiger partial charge on any atom is 0.411 e. The van der Waals surface area contributed by atoms with E-state index < -0.39 is 24.2 Å². The molecule has 0 unspecified atom stereocenters. The average molecular weight is 329 g/mol. The van der Waals surface area contributed by atoms with Crippen LogP contribution in [0.2, 0.25) is 0 Å². The number of hydrogen-bond donors (Lipinski definition) is 0. The van der Waals surface area contributed by atoms with Gasteiger partial charge in [-0.1, -0.05) is 0 Å². The standard InChI is InChI=1S/C13H14F3N5O2/c1-7-3-4-17-12-18-10(19-21(7)12)11(22)20-5-6-23-8(2)9(20)13(14,15)16/h3-4,8-9H,5-6H2,1-2H3/t8-,9-/m0/s1. The first-order valence-corrected chi connectivity index (χ1v) is 6.96. The van der Waals surface area contributed by atoms with Crippen molar-refractivity contribution in [2.75, 3.05) is 13.2 Å². The number of morpholine rings is 1. The zero-order valence-electron chi connectivity index (χ0n) is 12.4. The molecule has 2 aromatic heterocycles. The summed E-state index contributed by atoms with van der Waals surface area (Å²) in [4.78, 5) is 21.1. The minimum absolute atomic E-state index is 0.0319. The van der Waals surface area contributed by atoms with E-state index in [-0.39, 0.29) is 24.8 Å². The first-order valence-electron chi connectivity index (χ1n) is 6.96. The third-order valence-electron chi connectivity index (χ3n) is 3.71. The molecule has 2 atom stereocenters. The average Bonchev–Trinajstić information content (AvgIpc) is 2.90. The lowest BCUT2D eigenvalue weighted by Crippen LogP contribution is -2.59. The summed E-state index contributed by atoms with van der Waals surface area (Å²) in [5, 5.41) is 3.97. The number of fused-ring (bicyclic) bond motifs is 1. The quantitative estimate of drug-likeness (QED) is 0.787. The van der Waals surface area contributed by atoms with E-state index in [1.54, 1.807) is 13.0 Å². The van der Waals surface area contributed by atoms with Crippen LogP contribution in [-0.2, 0) is 4.74 Å². The molecule has 0 bridgehead atoms. The normalized spacial score (nSPS) is 22.6. The number of carbonyl (C=O) groups is 1. The van der Waals surface area contributed by atoms with Crippen molar-refractivity contribution in [3.63, 3.8) is 0 Å². The second-order valence-corrected chi connectivity index (χ2v) is 5.29. The Balaban J connectivity index is 1.98. The van der Waals surface area contributed by atoms with Crippen molar-refractivity contribution in [2.45, 2.75) is 32.2 Å². The highest BCUT2D eigenvalue weighted by atomic mass is 19.4. The van der Waals surface area contributed by atoms with Gasteiger partial charge >= 0.3 is 6.18 Å². The van der Waals surface area contributed by atoms with Crippen LogP contribution in [0.3, 0.4) is 0 Å². The predicted octanol–water partition coefficient (Wildman–Crippen LogP) is 1.22. The number of halogens is 3. The van der Waals surface area contributed by atoms with Gasteiger partial charge in [-0.2, -0.15) is 18.2 Å². The van der Waals surface area contributed by atoms with Crippen LogP contribution in [0.25, 0.3) is 5.78 Å². The van der Waals surface area contributed by atoms with Crippen molar-refractivity contribution in [2.24, 2.45) is 0 Å². The van der Waals surface area contributed by atoms with Crippen LogP contribution in [-0.4, -0.2) is 61.9 Å². The molecule has 23 heavy (non-hydrogen) atoms. The van der Waals surface area contributed by atoms with Crippen LogP contribution in [0.1, 0.15) is 23.2 Å². The van der Waals surface area contributed by atoms with E-state index >= 15 is 0 Å². The van der Waals surface area contributed by atoms with E-state index in [1.165, 1.54) is 17.6 Å². The molecule has 124 valence electrons. The van der Waals surface area contributed by atoms with Gasteiger partial charge in [-0.25, -0.2) is 9.50 Å². The lowest BCUT2D eigenvalue weighted by Gasteiger charge is -2.39. The molecule has 3 heterocycles. The van der Waals surface area contributed by atoms with Gasteiger partial charge in [0.15, 0.2) is 6.04 Å². The fraction of sp³-hybridized carbons (Fsp3) is 0.538. The molecule has 1 saturated heterocycles. The van der Waals surface area contributed by atoms with Gasteiger partial charge in [0.25, 0.3) is 11.7 Å². The zero-order chi connectivity index (χ0) is 16.8. The first kappa shape index (κ1) is 15.7. The summed E-state index contributed by atoms with van der Waals surface area (Å²) in [6.07, 6.45) is -4.25. The fourth-order valence-electron chi connectivity index (χ4n) is 2.62. The highest BCUT2D eigenvalue weighted by Crippen LogP contribution is 2.31. The van der Waals surface area contributed by atoms with Crippen molar-refractivity contribution in [3.05, 3.63) is 23.8 Å². The third-order valence-corrected chi connectivity index (χ3v) is 3.71. The summed E-state index contributed by atoms with van der Waals surface area (Å²) in [6, 6.07) is -0.366. The topological polar surface area (TPSA) is 72.6 Å². The Morgan fingerprint density at radius 1 is 1.43 bits per heavy atom. The molecular weight excluding hydrogens is 315 g/mol. The molecule has 0 spiro atoms. The fourth-order valence-corrected chi connectivity index (χ4v) is 2.62. The molecule has 0 aliphatic carbocycles. The number of aromatic nitrogens is 4. The molecule has 3 rings (SSSR count). The van der Waals surface area contributed by atoms with Crippen molar-refractivity contribution >= 4 is 11.7 Å². The van der Waals surface area contributed by atoms with Gasteiger partial charge in [0, 0.05) is 18.4 Å². The number of amides is 1. The van der Waals surface area contributed by atoms with Gasteiger partial charge in [0.05, 0.1) is 12.7 Å². The van der Waals surface area contributed by atoms with Gasteiger partial charge in [-0.05, 0) is 19.9 Å². The molecule has 1 amide bonds. The number of alkyl halides is 3. The van der Waals surface area contributed by atoms with Crippen LogP contribution in [0, 0.1) is 6.92 Å². The van der Waals surface area contributed by atoms with Gasteiger partial charge < -0.3 is 9.64 Å². The van der Waals surface area contributed by atoms with E-state index in [1.807, 2.05) is 0 Å². The smallest absolute Gasteiger partial charge is 0.374 e. The monoisotopic (exact) mass is 329 g/mol. The molecule has 1 aliphatic heterocycles. The summed E-state index contributed by atoms with van der Waals surface area (Å²) < 4.78 is 46.1. The number of carbonyl (C=O) groups excluding carboxylic acids is 1. The van der Waals surface area contributed by atoms with Gasteiger partial charge in [0.2, 0.25) is 5.82 Å². The minimum Gasteiger partial charge on any atom is -0.374 e. The summed E-state index contributed by atoms with van der Waals surface area (Å²) in [5.41, 5.74) is 0.671. The Morgan fingerprint density at radius 3 is 2.83 bits per heavy atom. The minimum atomic E-state index is -4.59. The number of hydrogen-bond acceptors (Lipinski definition) is 5. The van der Waals surface area contributed by atoms with E-state index in [0.717, 1.165) is 4.90 Å². The molecule has 1 fully saturated rings. The van der Waals surface area contributed by atoms with Crippen LogP contribution in [0.4, 0.5) is 13.2 Å². The van der Waals surface area contributed by atoms with Crippen LogP contribution >= 0.6 is 0 Å². The van der Waals surface area contributed by atoms with Crippen LogP contribution in [0.5, 0.6) is 0 Å². The number of aryl methyl sites for hydroxylation is 1. The largest absolute Gasteiger partial charge is 0.411 e. The second-order valence-electron chi connectivity index (χ2n) is 5.29. The third kappa shape index (κ3) is 2.74. The SMILES string of the molecule is Cc1ccnc2nc(C(=O)N3CCO[C@@H](C)[C@H]3C(F)(F)F)nn12. The van der Waals surface area contributed by atoms with E-state index in [2.05, 4.69) is 15.1 Å². The zero-order valence-corrected chi connectivity index (χ0v) is 12.4. The van der Waals surface area contributed by atoms with Crippen molar-refractivity contribution < 1.29 is 22.7 Å². The Labute approximate surface area is 129 Å². The first-order chi connectivity index (χ1) is 10.8. The Hall–Kier alpha value is -2.23. The summed E-state index contributed by atoms with van der Waals surface area (Å²) in [7, 11) is 0. The van der Waals surface area contributed by atoms with Crippen molar-refractivity contribution in [1.29, 1.82) is 0 Å². The van der Waals surface area contributed by atoms with Gasteiger partial charge in [-0.15, -0.1) is 5.10 Å². The summed E-state index contributed by atoms with van der Waals surface area (Å²) >= 11 is 0. The molecule has 2 aromatic rings. The number of rotatable bonds is 1. The molecule has 0 aromatic carbocycles. The van der Waals surface area contributed by atoms with Crippen molar-refractivity contribution in [3.8, 4) is 0 Å². The van der Waals surface area contributed by atoms with E-state index in [4.69, 9.17) is 4.74 Å². The molecule has 1 aliphatic rings. The van der Waals surface area contributed by atoms with Gasteiger partial charge in [-0.3, -0.25) is 4.79 Å². The number of ether oxygens (including phenoxy) is 1. The van der Waals surface area contributed by atoms with E-state index in [0.29, 0.717) is 5.69 Å². The summed E-state index contributed by atoms with van der Waals surface area (Å²) in [5.74, 6) is -1.03. The maximum absolute atomic E-state index is 13.3. The van der Waals surface area contributed by atoms with Crippen LogP contribution in [0.15, 0.2) is 12.3 Å². The predicted molar refractivity (Wildman–Crippen MR) is 71.8 cm³/mol. The lowest BCUT2D eigenvalue weighted by atomic mass is 10.1.